The van der Waals surface area contributed by atoms with Crippen LogP contribution in [0.2, 0.25) is 0 Å². The molecule has 0 aromatic heterocycles. The lowest BCUT2D eigenvalue weighted by molar-refractivity contribution is -0.118. The topological polar surface area (TPSA) is 49.3 Å². The van der Waals surface area contributed by atoms with Gasteiger partial charge in [-0.15, -0.1) is 0 Å². The molecule has 0 radical (unpaired) electrons. The highest BCUT2D eigenvalue weighted by Gasteiger charge is 2.18. The summed E-state index contributed by atoms with van der Waals surface area (Å²) in [5.41, 5.74) is 3.02. The zero-order valence-corrected chi connectivity index (χ0v) is 11.4. The van der Waals surface area contributed by atoms with Crippen LogP contribution in [-0.4, -0.2) is 17.6 Å². The Morgan fingerprint density at radius 3 is 2.47 bits per heavy atom. The Bertz CT molecular complexity index is 457. The summed E-state index contributed by atoms with van der Waals surface area (Å²) >= 11 is 0. The molecule has 0 aliphatic heterocycles. The molecule has 1 atom stereocenters. The average molecular weight is 259 g/mol. The van der Waals surface area contributed by atoms with Gasteiger partial charge in [-0.2, -0.15) is 0 Å². The normalized spacial score (nSPS) is 16.2. The number of aliphatic hydroxyl groups is 1. The third-order valence-corrected chi connectivity index (χ3v) is 3.77. The summed E-state index contributed by atoms with van der Waals surface area (Å²) in [6.45, 7) is 1.80. The summed E-state index contributed by atoms with van der Waals surface area (Å²) in [5, 5.41) is 12.4. The lowest BCUT2D eigenvalue weighted by Gasteiger charge is -2.17. The number of hydrogen-bond donors (Lipinski definition) is 2. The molecule has 3 nitrogen and oxygen atoms in total. The summed E-state index contributed by atoms with van der Waals surface area (Å²) in [5.74, 6) is -0.0557. The number of benzene rings is 1. The van der Waals surface area contributed by atoms with Gasteiger partial charge < -0.3 is 10.4 Å². The molecule has 1 fully saturated rings. The van der Waals surface area contributed by atoms with Gasteiger partial charge >= 0.3 is 0 Å². The molecule has 1 aromatic carbocycles. The Kier molecular flexibility index (Phi) is 4.74. The molecule has 2 N–H and O–H groups in total. The largest absolute Gasteiger partial charge is 0.394 e. The van der Waals surface area contributed by atoms with E-state index in [0.717, 1.165) is 24.0 Å². The van der Waals surface area contributed by atoms with E-state index in [1.165, 1.54) is 18.4 Å². The SMILES string of the molecule is CC(C(=O)NC(CO)c1ccccc1)=C1CCCC1. The standard InChI is InChI=1S/C16H21NO2/c1-12(13-7-5-6-8-13)16(19)17-15(11-18)14-9-3-2-4-10-14/h2-4,9-10,15,18H,5-8,11H2,1H3,(H,17,19). The summed E-state index contributed by atoms with van der Waals surface area (Å²) in [6.07, 6.45) is 4.44. The molecule has 1 amide bonds. The van der Waals surface area contributed by atoms with Crippen LogP contribution in [0.5, 0.6) is 0 Å². The first-order chi connectivity index (χ1) is 9.22. The quantitative estimate of drug-likeness (QED) is 0.817. The van der Waals surface area contributed by atoms with E-state index in [9.17, 15) is 9.90 Å². The maximum atomic E-state index is 12.2. The van der Waals surface area contributed by atoms with Crippen molar-refractivity contribution in [3.8, 4) is 0 Å². The van der Waals surface area contributed by atoms with Gasteiger partial charge in [0.05, 0.1) is 12.6 Å². The van der Waals surface area contributed by atoms with Crippen LogP contribution in [0.15, 0.2) is 41.5 Å². The molecular weight excluding hydrogens is 238 g/mol. The van der Waals surface area contributed by atoms with Crippen molar-refractivity contribution >= 4 is 5.91 Å². The van der Waals surface area contributed by atoms with Crippen LogP contribution in [0, 0.1) is 0 Å². The van der Waals surface area contributed by atoms with Crippen molar-refractivity contribution in [2.75, 3.05) is 6.61 Å². The van der Waals surface area contributed by atoms with Crippen LogP contribution in [0.3, 0.4) is 0 Å². The molecular formula is C16H21NO2. The molecule has 0 bridgehead atoms. The van der Waals surface area contributed by atoms with E-state index in [4.69, 9.17) is 0 Å². The third kappa shape index (κ3) is 3.44. The molecule has 1 aliphatic carbocycles. The van der Waals surface area contributed by atoms with Gasteiger partial charge in [-0.25, -0.2) is 0 Å². The van der Waals surface area contributed by atoms with Gasteiger partial charge in [0.15, 0.2) is 0 Å². The fourth-order valence-corrected chi connectivity index (χ4v) is 2.52. The van der Waals surface area contributed by atoms with E-state index in [0.29, 0.717) is 0 Å². The van der Waals surface area contributed by atoms with Crippen LogP contribution >= 0.6 is 0 Å². The van der Waals surface area contributed by atoms with Crippen molar-refractivity contribution in [2.24, 2.45) is 0 Å². The van der Waals surface area contributed by atoms with E-state index in [-0.39, 0.29) is 18.6 Å². The van der Waals surface area contributed by atoms with E-state index >= 15 is 0 Å². The van der Waals surface area contributed by atoms with Crippen molar-refractivity contribution in [3.05, 3.63) is 47.0 Å². The molecule has 0 saturated heterocycles. The molecule has 19 heavy (non-hydrogen) atoms. The van der Waals surface area contributed by atoms with Gasteiger partial charge in [-0.1, -0.05) is 35.9 Å². The molecule has 102 valence electrons. The summed E-state index contributed by atoms with van der Waals surface area (Å²) in [6, 6.07) is 9.24. The monoisotopic (exact) mass is 259 g/mol. The highest BCUT2D eigenvalue weighted by molar-refractivity contribution is 5.93. The Balaban J connectivity index is 2.06. The second kappa shape index (κ2) is 6.53. The van der Waals surface area contributed by atoms with Gasteiger partial charge in [0.1, 0.15) is 0 Å². The number of aliphatic hydroxyl groups excluding tert-OH is 1. The zero-order valence-electron chi connectivity index (χ0n) is 11.4. The predicted molar refractivity (Wildman–Crippen MR) is 75.6 cm³/mol. The lowest BCUT2D eigenvalue weighted by atomic mass is 10.0. The molecule has 1 aliphatic rings. The Hall–Kier alpha value is -1.61. The van der Waals surface area contributed by atoms with Gasteiger partial charge in [0.25, 0.3) is 0 Å². The van der Waals surface area contributed by atoms with E-state index in [1.54, 1.807) is 0 Å². The van der Waals surface area contributed by atoms with Crippen molar-refractivity contribution in [3.63, 3.8) is 0 Å². The van der Waals surface area contributed by atoms with Crippen LogP contribution in [0.1, 0.15) is 44.2 Å². The molecule has 1 aromatic rings. The second-order valence-electron chi connectivity index (χ2n) is 5.05. The first-order valence-corrected chi connectivity index (χ1v) is 6.87. The van der Waals surface area contributed by atoms with Crippen molar-refractivity contribution in [1.29, 1.82) is 0 Å². The van der Waals surface area contributed by atoms with Crippen LogP contribution in [-0.2, 0) is 4.79 Å². The number of rotatable bonds is 4. The third-order valence-electron chi connectivity index (χ3n) is 3.77. The number of amides is 1. The van der Waals surface area contributed by atoms with Crippen molar-refractivity contribution in [2.45, 2.75) is 38.6 Å². The summed E-state index contributed by atoms with van der Waals surface area (Å²) in [4.78, 5) is 12.2. The first kappa shape index (κ1) is 13.8. The minimum absolute atomic E-state index is 0.0557. The van der Waals surface area contributed by atoms with E-state index in [2.05, 4.69) is 5.32 Å². The highest BCUT2D eigenvalue weighted by Crippen LogP contribution is 2.27. The first-order valence-electron chi connectivity index (χ1n) is 6.87. The zero-order chi connectivity index (χ0) is 13.7. The second-order valence-corrected chi connectivity index (χ2v) is 5.05. The maximum absolute atomic E-state index is 12.2. The minimum Gasteiger partial charge on any atom is -0.394 e. The Morgan fingerprint density at radius 2 is 1.89 bits per heavy atom. The number of carbonyl (C=O) groups excluding carboxylic acids is 1. The number of carbonyl (C=O) groups is 1. The maximum Gasteiger partial charge on any atom is 0.247 e. The predicted octanol–water partition coefficient (Wildman–Crippen LogP) is 2.73. The molecule has 0 spiro atoms. The fourth-order valence-electron chi connectivity index (χ4n) is 2.52. The lowest BCUT2D eigenvalue weighted by Crippen LogP contribution is -2.31. The molecule has 1 saturated carbocycles. The fraction of sp³-hybridized carbons (Fsp3) is 0.438. The van der Waals surface area contributed by atoms with Gasteiger partial charge in [0.2, 0.25) is 5.91 Å². The minimum atomic E-state index is -0.328. The van der Waals surface area contributed by atoms with Crippen LogP contribution in [0.25, 0.3) is 0 Å². The number of hydrogen-bond acceptors (Lipinski definition) is 2. The van der Waals surface area contributed by atoms with Gasteiger partial charge in [-0.3, -0.25) is 4.79 Å². The van der Waals surface area contributed by atoms with Crippen molar-refractivity contribution < 1.29 is 9.90 Å². The van der Waals surface area contributed by atoms with Gasteiger partial charge in [-0.05, 0) is 38.2 Å². The van der Waals surface area contributed by atoms with E-state index < -0.39 is 0 Å². The highest BCUT2D eigenvalue weighted by atomic mass is 16.3. The molecule has 3 heteroatoms. The smallest absolute Gasteiger partial charge is 0.247 e. The molecule has 1 unspecified atom stereocenters. The summed E-state index contributed by atoms with van der Waals surface area (Å²) in [7, 11) is 0. The van der Waals surface area contributed by atoms with Crippen molar-refractivity contribution in [1.82, 2.24) is 5.32 Å². The summed E-state index contributed by atoms with van der Waals surface area (Å²) < 4.78 is 0. The van der Waals surface area contributed by atoms with Crippen LogP contribution < -0.4 is 5.32 Å². The number of allylic oxidation sites excluding steroid dienone is 1. The Labute approximate surface area is 114 Å². The average Bonchev–Trinajstić information content (AvgIpc) is 2.98. The Morgan fingerprint density at radius 1 is 1.26 bits per heavy atom. The van der Waals surface area contributed by atoms with Crippen LogP contribution in [0.4, 0.5) is 0 Å². The molecule has 2 rings (SSSR count). The van der Waals surface area contributed by atoms with E-state index in [1.807, 2.05) is 37.3 Å². The molecule has 0 heterocycles. The van der Waals surface area contributed by atoms with Gasteiger partial charge in [0, 0.05) is 5.57 Å². The number of nitrogens with one attached hydrogen (secondary N) is 1.